The minimum Gasteiger partial charge on any atom is -0.388 e. The Morgan fingerprint density at radius 3 is 2.83 bits per heavy atom. The second-order valence-electron chi connectivity index (χ2n) is 5.44. The number of fused-ring (bicyclic) bond motifs is 1. The van der Waals surface area contributed by atoms with Gasteiger partial charge >= 0.3 is 0 Å². The molecule has 3 rings (SSSR count). The largest absolute Gasteiger partial charge is 0.388 e. The molecule has 0 atom stereocenters. The number of hydrogen-bond donors (Lipinski definition) is 2. The summed E-state index contributed by atoms with van der Waals surface area (Å²) >= 11 is 0. The molecule has 18 heavy (non-hydrogen) atoms. The monoisotopic (exact) mass is 245 g/mol. The Labute approximate surface area is 107 Å². The lowest BCUT2D eigenvalue weighted by Gasteiger charge is -2.31. The van der Waals surface area contributed by atoms with Gasteiger partial charge in [0.2, 0.25) is 5.91 Å². The molecule has 0 radical (unpaired) electrons. The van der Waals surface area contributed by atoms with E-state index in [1.807, 2.05) is 24.1 Å². The molecule has 2 aliphatic rings. The predicted molar refractivity (Wildman–Crippen MR) is 72.8 cm³/mol. The average Bonchev–Trinajstić information content (AvgIpc) is 3.10. The molecule has 1 saturated carbocycles. The second kappa shape index (κ2) is 3.99. The zero-order valence-corrected chi connectivity index (χ0v) is 10.7. The molecule has 96 valence electrons. The van der Waals surface area contributed by atoms with Crippen LogP contribution in [0.25, 0.3) is 0 Å². The van der Waals surface area contributed by atoms with E-state index in [1.165, 1.54) is 5.56 Å². The summed E-state index contributed by atoms with van der Waals surface area (Å²) in [6.45, 7) is 0.664. The van der Waals surface area contributed by atoms with Gasteiger partial charge in [-0.25, -0.2) is 0 Å². The van der Waals surface area contributed by atoms with E-state index < -0.39 is 0 Å². The predicted octanol–water partition coefficient (Wildman–Crippen LogP) is 1.50. The number of amides is 1. The fourth-order valence-corrected chi connectivity index (χ4v) is 2.52. The van der Waals surface area contributed by atoms with Crippen molar-refractivity contribution in [3.05, 3.63) is 23.8 Å². The number of carbonyl (C=O) groups excluding carboxylic acids is 1. The van der Waals surface area contributed by atoms with Crippen LogP contribution >= 0.6 is 0 Å². The fourth-order valence-electron chi connectivity index (χ4n) is 2.52. The highest BCUT2D eigenvalue weighted by Crippen LogP contribution is 2.37. The average molecular weight is 245 g/mol. The van der Waals surface area contributed by atoms with Crippen molar-refractivity contribution in [2.45, 2.75) is 31.2 Å². The highest BCUT2D eigenvalue weighted by Gasteiger charge is 2.42. The zero-order chi connectivity index (χ0) is 12.8. The van der Waals surface area contributed by atoms with E-state index in [9.17, 15) is 4.79 Å². The first-order valence-corrected chi connectivity index (χ1v) is 6.51. The summed E-state index contributed by atoms with van der Waals surface area (Å²) in [5, 5.41) is 3.14. The number of rotatable bonds is 3. The van der Waals surface area contributed by atoms with Crippen LogP contribution in [-0.4, -0.2) is 25.0 Å². The topological polar surface area (TPSA) is 58.4 Å². The number of nitrogens with zero attached hydrogens (tertiary/aromatic N) is 1. The lowest BCUT2D eigenvalue weighted by molar-refractivity contribution is -0.119. The van der Waals surface area contributed by atoms with Crippen molar-refractivity contribution < 1.29 is 4.79 Å². The van der Waals surface area contributed by atoms with Gasteiger partial charge in [-0.15, -0.1) is 0 Å². The molecule has 4 nitrogen and oxygen atoms in total. The maximum absolute atomic E-state index is 12.1. The Balaban J connectivity index is 1.93. The smallest absolute Gasteiger partial charge is 0.227 e. The molecule has 0 spiro atoms. The lowest BCUT2D eigenvalue weighted by atomic mass is 9.99. The third kappa shape index (κ3) is 1.97. The van der Waals surface area contributed by atoms with E-state index in [4.69, 9.17) is 5.73 Å². The Morgan fingerprint density at radius 1 is 1.39 bits per heavy atom. The van der Waals surface area contributed by atoms with Gasteiger partial charge in [0.25, 0.3) is 0 Å². The third-order valence-corrected chi connectivity index (χ3v) is 3.93. The van der Waals surface area contributed by atoms with Gasteiger partial charge in [0.1, 0.15) is 0 Å². The summed E-state index contributed by atoms with van der Waals surface area (Å²) in [5.41, 5.74) is 9.39. The SMILES string of the molecule is CNc1ccc2c(c1)CCC(=O)N2CC1(N)CC1. The fraction of sp³-hybridized carbons (Fsp3) is 0.500. The molecule has 0 unspecified atom stereocenters. The van der Waals surface area contributed by atoms with Crippen LogP contribution < -0.4 is 16.0 Å². The number of benzene rings is 1. The number of carbonyl (C=O) groups is 1. The van der Waals surface area contributed by atoms with Gasteiger partial charge in [-0.2, -0.15) is 0 Å². The van der Waals surface area contributed by atoms with Crippen molar-refractivity contribution >= 4 is 17.3 Å². The van der Waals surface area contributed by atoms with Gasteiger partial charge < -0.3 is 16.0 Å². The molecule has 1 fully saturated rings. The quantitative estimate of drug-likeness (QED) is 0.848. The Bertz CT molecular complexity index is 494. The van der Waals surface area contributed by atoms with Crippen LogP contribution in [0.4, 0.5) is 11.4 Å². The molecule has 0 aromatic heterocycles. The van der Waals surface area contributed by atoms with Gasteiger partial charge in [0.15, 0.2) is 0 Å². The summed E-state index contributed by atoms with van der Waals surface area (Å²) in [4.78, 5) is 14.0. The minimum absolute atomic E-state index is 0.133. The summed E-state index contributed by atoms with van der Waals surface area (Å²) in [6.07, 6.45) is 3.48. The molecule has 0 bridgehead atoms. The summed E-state index contributed by atoms with van der Waals surface area (Å²) in [7, 11) is 1.91. The molecule has 4 heteroatoms. The standard InChI is InChI=1S/C14H19N3O/c1-16-11-3-4-12-10(8-11)2-5-13(18)17(12)9-14(15)6-7-14/h3-4,8,16H,2,5-7,9,15H2,1H3. The summed E-state index contributed by atoms with van der Waals surface area (Å²) < 4.78 is 0. The minimum atomic E-state index is -0.133. The molecule has 1 aliphatic heterocycles. The zero-order valence-electron chi connectivity index (χ0n) is 10.7. The first-order valence-electron chi connectivity index (χ1n) is 6.51. The Morgan fingerprint density at radius 2 is 2.17 bits per heavy atom. The van der Waals surface area contributed by atoms with Crippen LogP contribution in [0, 0.1) is 0 Å². The highest BCUT2D eigenvalue weighted by atomic mass is 16.2. The number of anilines is 2. The van der Waals surface area contributed by atoms with Crippen LogP contribution in [0.2, 0.25) is 0 Å². The molecular formula is C14H19N3O. The number of hydrogen-bond acceptors (Lipinski definition) is 3. The second-order valence-corrected chi connectivity index (χ2v) is 5.44. The van der Waals surface area contributed by atoms with Gasteiger partial charge in [-0.3, -0.25) is 4.79 Å². The first kappa shape index (κ1) is 11.5. The Kier molecular flexibility index (Phi) is 2.55. The van der Waals surface area contributed by atoms with Gasteiger partial charge in [-0.1, -0.05) is 0 Å². The maximum Gasteiger partial charge on any atom is 0.227 e. The van der Waals surface area contributed by atoms with Crippen LogP contribution in [0.5, 0.6) is 0 Å². The molecular weight excluding hydrogens is 226 g/mol. The number of nitrogens with two attached hydrogens (primary N) is 1. The third-order valence-electron chi connectivity index (χ3n) is 3.93. The highest BCUT2D eigenvalue weighted by molar-refractivity contribution is 5.97. The van der Waals surface area contributed by atoms with Crippen molar-refractivity contribution in [3.63, 3.8) is 0 Å². The maximum atomic E-state index is 12.1. The summed E-state index contributed by atoms with van der Waals surface area (Å²) in [6, 6.07) is 6.18. The van der Waals surface area contributed by atoms with Crippen molar-refractivity contribution in [1.29, 1.82) is 0 Å². The van der Waals surface area contributed by atoms with Crippen LogP contribution in [-0.2, 0) is 11.2 Å². The normalized spacial score (nSPS) is 20.6. The molecule has 1 aromatic carbocycles. The van der Waals surface area contributed by atoms with E-state index in [1.54, 1.807) is 0 Å². The van der Waals surface area contributed by atoms with Gasteiger partial charge in [-0.05, 0) is 43.0 Å². The Hall–Kier alpha value is -1.55. The number of nitrogens with one attached hydrogen (secondary N) is 1. The summed E-state index contributed by atoms with van der Waals surface area (Å²) in [5.74, 6) is 0.205. The van der Waals surface area contributed by atoms with Gasteiger partial charge in [0, 0.05) is 36.9 Å². The van der Waals surface area contributed by atoms with Crippen molar-refractivity contribution in [2.24, 2.45) is 5.73 Å². The van der Waals surface area contributed by atoms with Crippen molar-refractivity contribution in [1.82, 2.24) is 0 Å². The van der Waals surface area contributed by atoms with E-state index in [-0.39, 0.29) is 11.4 Å². The van der Waals surface area contributed by atoms with E-state index in [0.717, 1.165) is 30.6 Å². The molecule has 1 heterocycles. The van der Waals surface area contributed by atoms with Gasteiger partial charge in [0.05, 0.1) is 0 Å². The van der Waals surface area contributed by atoms with E-state index in [0.29, 0.717) is 13.0 Å². The molecule has 0 saturated heterocycles. The van der Waals surface area contributed by atoms with Crippen LogP contribution in [0.15, 0.2) is 18.2 Å². The molecule has 3 N–H and O–H groups in total. The molecule has 1 aliphatic carbocycles. The van der Waals surface area contributed by atoms with Crippen molar-refractivity contribution in [2.75, 3.05) is 23.8 Å². The number of aryl methyl sites for hydroxylation is 1. The molecule has 1 amide bonds. The van der Waals surface area contributed by atoms with E-state index >= 15 is 0 Å². The van der Waals surface area contributed by atoms with E-state index in [2.05, 4.69) is 11.4 Å². The van der Waals surface area contributed by atoms with Crippen LogP contribution in [0.3, 0.4) is 0 Å². The van der Waals surface area contributed by atoms with Crippen molar-refractivity contribution in [3.8, 4) is 0 Å². The lowest BCUT2D eigenvalue weighted by Crippen LogP contribution is -2.45. The first-order chi connectivity index (χ1) is 8.61. The van der Waals surface area contributed by atoms with Crippen LogP contribution in [0.1, 0.15) is 24.8 Å². The molecule has 1 aromatic rings.